The lowest BCUT2D eigenvalue weighted by Crippen LogP contribution is -2.54. The molecule has 0 aromatic heterocycles. The van der Waals surface area contributed by atoms with Crippen molar-refractivity contribution in [3.05, 3.63) is 69.7 Å². The van der Waals surface area contributed by atoms with Crippen molar-refractivity contribution in [2.75, 3.05) is 41.3 Å². The Kier molecular flexibility index (Phi) is 20.5. The molecule has 2 fully saturated rings. The number of likely N-dealkylation sites (N-methyl/N-ethyl adjacent to an activating group) is 4. The molecule has 2 aromatic rings. The standard InChI is InChI=1S/C21H27ClN2O6.C16H19Cl2NO3.C5H9NO3/c1-14(25)23(3)13-19(27)29-15(2)30-20(28)24(4)21(12-8-7-11-18(21)26)16-9-5-6-10-17(16)22;1-11(17)22-15(21)19(2)16(10-6-5-9-14(16)20)12-7-3-4-8-13(12)18;1-4(7)6(2)3-5(8)9/h5-6,9-10,15H,7-8,11-13H2,1-4H3;3-4,7-8,11H,5-6,9-10H2,1-2H3;3H2,1-2H3,(H,8,9)/t15?,21-;11?,16-;/m00./s1. The van der Waals surface area contributed by atoms with E-state index in [-0.39, 0.29) is 36.5 Å². The summed E-state index contributed by atoms with van der Waals surface area (Å²) in [5.41, 5.74) is -1.91. The first-order chi connectivity index (χ1) is 28.5. The summed E-state index contributed by atoms with van der Waals surface area (Å²) < 4.78 is 15.4. The van der Waals surface area contributed by atoms with E-state index >= 15 is 0 Å². The largest absolute Gasteiger partial charge is 0.480 e. The lowest BCUT2D eigenvalue weighted by atomic mass is 9.74. The second-order valence-corrected chi connectivity index (χ2v) is 16.0. The van der Waals surface area contributed by atoms with E-state index in [1.807, 2.05) is 6.07 Å². The van der Waals surface area contributed by atoms with Crippen LogP contribution < -0.4 is 0 Å². The Hall–Kier alpha value is -4.93. The number of esters is 1. The highest BCUT2D eigenvalue weighted by Gasteiger charge is 2.50. The molecule has 1 N–H and O–H groups in total. The maximum atomic E-state index is 13.0. The average molecular weight is 914 g/mol. The number of ketones is 2. The maximum absolute atomic E-state index is 13.0. The fourth-order valence-corrected chi connectivity index (χ4v) is 7.54. The van der Waals surface area contributed by atoms with Gasteiger partial charge in [0.25, 0.3) is 0 Å². The summed E-state index contributed by atoms with van der Waals surface area (Å²) >= 11 is 18.4. The van der Waals surface area contributed by atoms with Crippen LogP contribution in [0.25, 0.3) is 0 Å². The normalized spacial score (nSPS) is 19.2. The Labute approximate surface area is 371 Å². The van der Waals surface area contributed by atoms with Crippen LogP contribution in [-0.4, -0.2) is 125 Å². The number of carbonyl (C=O) groups is 8. The first-order valence-corrected chi connectivity index (χ1v) is 20.7. The Morgan fingerprint density at radius 1 is 0.656 bits per heavy atom. The van der Waals surface area contributed by atoms with Gasteiger partial charge in [-0.2, -0.15) is 0 Å². The monoisotopic (exact) mass is 912 g/mol. The van der Waals surface area contributed by atoms with Gasteiger partial charge < -0.3 is 29.1 Å². The first kappa shape index (κ1) is 52.2. The van der Waals surface area contributed by atoms with Crippen molar-refractivity contribution in [2.45, 2.75) is 102 Å². The van der Waals surface area contributed by atoms with Crippen LogP contribution in [0, 0.1) is 0 Å². The zero-order chi connectivity index (χ0) is 46.2. The van der Waals surface area contributed by atoms with E-state index in [1.165, 1.54) is 56.6 Å². The second kappa shape index (κ2) is 23.9. The molecule has 0 heterocycles. The highest BCUT2D eigenvalue weighted by Crippen LogP contribution is 2.44. The molecule has 0 aliphatic heterocycles. The molecule has 2 unspecified atom stereocenters. The molecule has 4 rings (SSSR count). The topological polar surface area (TPSA) is 197 Å². The summed E-state index contributed by atoms with van der Waals surface area (Å²) in [6, 6.07) is 14.1. The van der Waals surface area contributed by atoms with Gasteiger partial charge in [-0.05, 0) is 57.6 Å². The molecule has 0 spiro atoms. The number of ether oxygens (including phenoxy) is 3. The van der Waals surface area contributed by atoms with E-state index in [9.17, 15) is 38.4 Å². The van der Waals surface area contributed by atoms with Crippen molar-refractivity contribution in [1.29, 1.82) is 0 Å². The van der Waals surface area contributed by atoms with Crippen molar-refractivity contribution in [2.24, 2.45) is 0 Å². The quantitative estimate of drug-likeness (QED) is 0.138. The van der Waals surface area contributed by atoms with Gasteiger partial charge in [-0.1, -0.05) is 71.2 Å². The van der Waals surface area contributed by atoms with Gasteiger partial charge in [-0.25, -0.2) is 9.59 Å². The van der Waals surface area contributed by atoms with Crippen molar-refractivity contribution in [3.8, 4) is 0 Å². The number of carboxylic acid groups (broad SMARTS) is 1. The van der Waals surface area contributed by atoms with Gasteiger partial charge in [0.05, 0.1) is 0 Å². The highest BCUT2D eigenvalue weighted by molar-refractivity contribution is 6.32. The molecule has 2 aliphatic carbocycles. The molecule has 19 heteroatoms. The molecular formula is C42H55Cl3N4O12. The van der Waals surface area contributed by atoms with Gasteiger partial charge in [0, 0.05) is 83.0 Å². The number of Topliss-reactive ketones (excluding diaryl/α,β-unsaturated/α-hetero) is 2. The van der Waals surface area contributed by atoms with Gasteiger partial charge in [-0.15, -0.1) is 0 Å². The predicted molar refractivity (Wildman–Crippen MR) is 227 cm³/mol. The van der Waals surface area contributed by atoms with Gasteiger partial charge in [0.1, 0.15) is 24.2 Å². The number of carbonyl (C=O) groups excluding carboxylic acids is 7. The molecule has 2 saturated carbocycles. The second-order valence-electron chi connectivity index (χ2n) is 14.6. The number of hydrogen-bond acceptors (Lipinski definition) is 11. The minimum Gasteiger partial charge on any atom is -0.480 e. The predicted octanol–water partition coefficient (Wildman–Crippen LogP) is 7.00. The summed E-state index contributed by atoms with van der Waals surface area (Å²) in [6.45, 7) is 5.09. The molecule has 2 aliphatic rings. The summed E-state index contributed by atoms with van der Waals surface area (Å²) in [7, 11) is 5.94. The Morgan fingerprint density at radius 2 is 1.05 bits per heavy atom. The molecule has 4 atom stereocenters. The zero-order valence-corrected chi connectivity index (χ0v) is 38.0. The molecule has 61 heavy (non-hydrogen) atoms. The third kappa shape index (κ3) is 14.0. The molecule has 4 amide bonds. The van der Waals surface area contributed by atoms with Crippen LogP contribution in [0.4, 0.5) is 9.59 Å². The molecule has 336 valence electrons. The van der Waals surface area contributed by atoms with Crippen molar-refractivity contribution >= 4 is 82.3 Å². The summed E-state index contributed by atoms with van der Waals surface area (Å²) in [6.07, 6.45) is 2.19. The van der Waals surface area contributed by atoms with Crippen LogP contribution in [0.1, 0.15) is 90.2 Å². The smallest absolute Gasteiger partial charge is 0.413 e. The SMILES string of the molecule is CC(=O)N(C)CC(=O)O.CC(=O)N(C)CC(=O)OC(C)OC(=O)N(C)[C@]1(c2ccccc2Cl)CCCCC1=O.CC(Cl)OC(=O)N(C)[C@]1(c2ccccc2Cl)CCCCC1=O. The van der Waals surface area contributed by atoms with E-state index in [0.717, 1.165) is 30.6 Å². The zero-order valence-electron chi connectivity index (χ0n) is 35.7. The van der Waals surface area contributed by atoms with Crippen molar-refractivity contribution < 1.29 is 57.7 Å². The third-order valence-electron chi connectivity index (χ3n) is 10.3. The molecular weight excluding hydrogens is 859 g/mol. The lowest BCUT2D eigenvalue weighted by molar-refractivity contribution is -0.169. The summed E-state index contributed by atoms with van der Waals surface area (Å²) in [5.74, 6) is -2.38. The number of alkyl halides is 1. The van der Waals surface area contributed by atoms with Crippen LogP contribution in [0.2, 0.25) is 10.0 Å². The van der Waals surface area contributed by atoms with Crippen LogP contribution in [0.5, 0.6) is 0 Å². The number of amides is 4. The van der Waals surface area contributed by atoms with Gasteiger partial charge in [0.2, 0.25) is 18.1 Å². The van der Waals surface area contributed by atoms with Crippen LogP contribution in [-0.2, 0) is 54.1 Å². The molecule has 0 bridgehead atoms. The Morgan fingerprint density at radius 3 is 1.39 bits per heavy atom. The first-order valence-electron chi connectivity index (χ1n) is 19.5. The van der Waals surface area contributed by atoms with Gasteiger partial charge >= 0.3 is 24.1 Å². The van der Waals surface area contributed by atoms with E-state index < -0.39 is 47.1 Å². The summed E-state index contributed by atoms with van der Waals surface area (Å²) in [5, 5.41) is 9.00. The van der Waals surface area contributed by atoms with Crippen LogP contribution in [0.3, 0.4) is 0 Å². The van der Waals surface area contributed by atoms with Gasteiger partial charge in [-0.3, -0.25) is 38.6 Å². The number of hydrogen-bond donors (Lipinski definition) is 1. The number of benzene rings is 2. The fourth-order valence-electron chi connectivity index (χ4n) is 6.88. The minimum atomic E-state index is -1.24. The molecule has 16 nitrogen and oxygen atoms in total. The van der Waals surface area contributed by atoms with E-state index in [4.69, 9.17) is 54.1 Å². The fraction of sp³-hybridized carbons (Fsp3) is 0.524. The Balaban J connectivity index is 0.000000360. The number of carboxylic acids is 1. The van der Waals surface area contributed by atoms with E-state index in [1.54, 1.807) is 56.4 Å². The van der Waals surface area contributed by atoms with Gasteiger partial charge in [0.15, 0.2) is 17.1 Å². The lowest BCUT2D eigenvalue weighted by Gasteiger charge is -2.43. The number of nitrogens with zero attached hydrogens (tertiary/aromatic N) is 4. The third-order valence-corrected chi connectivity index (χ3v) is 11.0. The molecule has 0 saturated heterocycles. The minimum absolute atomic E-state index is 0.0199. The summed E-state index contributed by atoms with van der Waals surface area (Å²) in [4.78, 5) is 99.2. The van der Waals surface area contributed by atoms with Crippen molar-refractivity contribution in [1.82, 2.24) is 19.6 Å². The Bertz CT molecular complexity index is 1920. The number of rotatable bonds is 11. The molecule has 2 aromatic carbocycles. The average Bonchev–Trinajstić information content (AvgIpc) is 3.18. The maximum Gasteiger partial charge on any atom is 0.413 e. The van der Waals surface area contributed by atoms with Crippen molar-refractivity contribution in [3.63, 3.8) is 0 Å². The van der Waals surface area contributed by atoms with E-state index in [0.29, 0.717) is 46.9 Å². The number of halogens is 3. The van der Waals surface area contributed by atoms with E-state index in [2.05, 4.69) is 0 Å². The van der Waals surface area contributed by atoms with Crippen LogP contribution >= 0.6 is 34.8 Å². The number of aliphatic carboxylic acids is 1. The highest BCUT2D eigenvalue weighted by atomic mass is 35.5. The molecule has 0 radical (unpaired) electrons. The van der Waals surface area contributed by atoms with Crippen LogP contribution in [0.15, 0.2) is 48.5 Å².